The van der Waals surface area contributed by atoms with Crippen molar-refractivity contribution in [1.29, 1.82) is 0 Å². The van der Waals surface area contributed by atoms with Crippen LogP contribution >= 0.6 is 0 Å². The van der Waals surface area contributed by atoms with E-state index in [4.69, 9.17) is 9.47 Å². The van der Waals surface area contributed by atoms with E-state index in [-0.39, 0.29) is 18.0 Å². The minimum atomic E-state index is -0.374. The molecule has 7 nitrogen and oxygen atoms in total. The normalized spacial score (nSPS) is 14.7. The Labute approximate surface area is 177 Å². The predicted molar refractivity (Wildman–Crippen MR) is 116 cm³/mol. The summed E-state index contributed by atoms with van der Waals surface area (Å²) >= 11 is 0. The highest BCUT2D eigenvalue weighted by Gasteiger charge is 2.24. The average Bonchev–Trinajstić information content (AvgIpc) is 3.29. The van der Waals surface area contributed by atoms with Gasteiger partial charge in [0, 0.05) is 12.2 Å². The predicted octanol–water partition coefficient (Wildman–Crippen LogP) is 3.83. The number of hydrogen-bond acceptors (Lipinski definition) is 5. The van der Waals surface area contributed by atoms with Crippen LogP contribution in [0.4, 0.5) is 10.5 Å². The summed E-state index contributed by atoms with van der Waals surface area (Å²) in [5.74, 6) is 0.442. The van der Waals surface area contributed by atoms with E-state index in [0.717, 1.165) is 24.4 Å². The van der Waals surface area contributed by atoms with Gasteiger partial charge in [0.1, 0.15) is 5.75 Å². The van der Waals surface area contributed by atoms with E-state index in [1.54, 1.807) is 38.3 Å². The first-order valence-electron chi connectivity index (χ1n) is 10.3. The van der Waals surface area contributed by atoms with Crippen LogP contribution in [-0.4, -0.2) is 50.3 Å². The maximum Gasteiger partial charge on any atom is 0.338 e. The minimum absolute atomic E-state index is 0.107. The van der Waals surface area contributed by atoms with Gasteiger partial charge in [0.15, 0.2) is 0 Å². The van der Waals surface area contributed by atoms with Gasteiger partial charge in [-0.3, -0.25) is 4.90 Å². The van der Waals surface area contributed by atoms with E-state index in [9.17, 15) is 9.59 Å². The molecule has 0 spiro atoms. The number of esters is 1. The van der Waals surface area contributed by atoms with Gasteiger partial charge < -0.3 is 20.1 Å². The van der Waals surface area contributed by atoms with Gasteiger partial charge in [0.25, 0.3) is 0 Å². The van der Waals surface area contributed by atoms with Crippen LogP contribution in [0, 0.1) is 0 Å². The molecule has 1 heterocycles. The lowest BCUT2D eigenvalue weighted by molar-refractivity contribution is 0.0526. The molecule has 0 saturated carbocycles. The molecule has 0 aliphatic carbocycles. The summed E-state index contributed by atoms with van der Waals surface area (Å²) in [7, 11) is 1.65. The second-order valence-corrected chi connectivity index (χ2v) is 7.16. The molecule has 2 N–H and O–H groups in total. The molecule has 3 rings (SSSR count). The zero-order chi connectivity index (χ0) is 21.3. The number of anilines is 1. The van der Waals surface area contributed by atoms with Crippen molar-refractivity contribution in [2.45, 2.75) is 25.8 Å². The molecule has 0 radical (unpaired) electrons. The number of rotatable bonds is 8. The van der Waals surface area contributed by atoms with Gasteiger partial charge in [-0.1, -0.05) is 12.1 Å². The maximum absolute atomic E-state index is 12.4. The summed E-state index contributed by atoms with van der Waals surface area (Å²) in [6, 6.07) is 14.5. The molecule has 2 amide bonds. The van der Waals surface area contributed by atoms with Gasteiger partial charge in [0.05, 0.1) is 25.3 Å². The first-order valence-corrected chi connectivity index (χ1v) is 10.3. The Morgan fingerprint density at radius 1 is 1.03 bits per heavy atom. The molecule has 1 saturated heterocycles. The van der Waals surface area contributed by atoms with Crippen LogP contribution in [0.5, 0.6) is 5.75 Å². The number of nitrogens with zero attached hydrogens (tertiary/aromatic N) is 1. The molecular formula is C23H29N3O4. The summed E-state index contributed by atoms with van der Waals surface area (Å²) in [4.78, 5) is 26.6. The van der Waals surface area contributed by atoms with Crippen molar-refractivity contribution in [3.63, 3.8) is 0 Å². The van der Waals surface area contributed by atoms with E-state index >= 15 is 0 Å². The van der Waals surface area contributed by atoms with Crippen LogP contribution in [-0.2, 0) is 4.74 Å². The van der Waals surface area contributed by atoms with Crippen molar-refractivity contribution in [3.05, 3.63) is 59.7 Å². The van der Waals surface area contributed by atoms with Gasteiger partial charge in [0.2, 0.25) is 0 Å². The Morgan fingerprint density at radius 3 is 2.30 bits per heavy atom. The third-order valence-electron chi connectivity index (χ3n) is 5.19. The molecule has 7 heteroatoms. The van der Waals surface area contributed by atoms with E-state index in [1.807, 2.05) is 12.1 Å². The van der Waals surface area contributed by atoms with Crippen LogP contribution < -0.4 is 15.4 Å². The van der Waals surface area contributed by atoms with Crippen molar-refractivity contribution in [1.82, 2.24) is 10.2 Å². The number of hydrogen-bond donors (Lipinski definition) is 2. The number of likely N-dealkylation sites (tertiary alicyclic amines) is 1. The largest absolute Gasteiger partial charge is 0.497 e. The number of urea groups is 1. The number of carbonyl (C=O) groups excluding carboxylic acids is 2. The lowest BCUT2D eigenvalue weighted by Crippen LogP contribution is -2.38. The Morgan fingerprint density at radius 2 is 1.70 bits per heavy atom. The van der Waals surface area contributed by atoms with E-state index in [1.165, 1.54) is 12.8 Å². The molecule has 2 aromatic carbocycles. The van der Waals surface area contributed by atoms with E-state index in [2.05, 4.69) is 27.7 Å². The van der Waals surface area contributed by atoms with Crippen molar-refractivity contribution >= 4 is 17.7 Å². The summed E-state index contributed by atoms with van der Waals surface area (Å²) in [5, 5.41) is 5.79. The molecule has 30 heavy (non-hydrogen) atoms. The summed E-state index contributed by atoms with van der Waals surface area (Å²) in [6.07, 6.45) is 2.34. The highest BCUT2D eigenvalue weighted by molar-refractivity contribution is 5.92. The molecular weight excluding hydrogens is 382 g/mol. The molecule has 0 bridgehead atoms. The van der Waals surface area contributed by atoms with E-state index < -0.39 is 0 Å². The lowest BCUT2D eigenvalue weighted by Gasteiger charge is -2.28. The summed E-state index contributed by atoms with van der Waals surface area (Å²) in [5.41, 5.74) is 2.22. The van der Waals surface area contributed by atoms with Crippen LogP contribution in [0.15, 0.2) is 48.5 Å². The SMILES string of the molecule is CCOC(=O)c1ccc(NC(=O)NCC(c2ccc(OC)cc2)N2CCCC2)cc1. The number of ether oxygens (including phenoxy) is 2. The van der Waals surface area contributed by atoms with Crippen LogP contribution in [0.2, 0.25) is 0 Å². The third kappa shape index (κ3) is 5.73. The second kappa shape index (κ2) is 10.6. The molecule has 160 valence electrons. The fourth-order valence-corrected chi connectivity index (χ4v) is 3.61. The van der Waals surface area contributed by atoms with Gasteiger partial charge in [-0.2, -0.15) is 0 Å². The van der Waals surface area contributed by atoms with Gasteiger partial charge in [-0.05, 0) is 74.8 Å². The molecule has 1 aliphatic rings. The van der Waals surface area contributed by atoms with Crippen molar-refractivity contribution in [2.24, 2.45) is 0 Å². The van der Waals surface area contributed by atoms with Gasteiger partial charge >= 0.3 is 12.0 Å². The van der Waals surface area contributed by atoms with Crippen LogP contribution in [0.25, 0.3) is 0 Å². The molecule has 0 aromatic heterocycles. The smallest absolute Gasteiger partial charge is 0.338 e. The number of benzene rings is 2. The molecule has 2 aromatic rings. The molecule has 1 atom stereocenters. The zero-order valence-corrected chi connectivity index (χ0v) is 17.5. The van der Waals surface area contributed by atoms with Crippen molar-refractivity contribution in [3.8, 4) is 5.75 Å². The van der Waals surface area contributed by atoms with Gasteiger partial charge in [-0.25, -0.2) is 9.59 Å². The minimum Gasteiger partial charge on any atom is -0.497 e. The number of amides is 2. The van der Waals surface area contributed by atoms with Crippen LogP contribution in [0.3, 0.4) is 0 Å². The maximum atomic E-state index is 12.4. The first-order chi connectivity index (χ1) is 14.6. The second-order valence-electron chi connectivity index (χ2n) is 7.16. The number of nitrogens with one attached hydrogen (secondary N) is 2. The summed E-state index contributed by atoms with van der Waals surface area (Å²) < 4.78 is 10.2. The van der Waals surface area contributed by atoms with E-state index in [0.29, 0.717) is 24.4 Å². The monoisotopic (exact) mass is 411 g/mol. The fourth-order valence-electron chi connectivity index (χ4n) is 3.61. The Kier molecular flexibility index (Phi) is 7.68. The topological polar surface area (TPSA) is 79.9 Å². The number of carbonyl (C=O) groups is 2. The van der Waals surface area contributed by atoms with Crippen LogP contribution in [0.1, 0.15) is 41.7 Å². The Bertz CT molecular complexity index is 831. The fraction of sp³-hybridized carbons (Fsp3) is 0.391. The Balaban J connectivity index is 1.59. The van der Waals surface area contributed by atoms with Gasteiger partial charge in [-0.15, -0.1) is 0 Å². The highest BCUT2D eigenvalue weighted by Crippen LogP contribution is 2.26. The van der Waals surface area contributed by atoms with Crippen molar-refractivity contribution in [2.75, 3.05) is 38.7 Å². The molecule has 1 unspecified atom stereocenters. The summed E-state index contributed by atoms with van der Waals surface area (Å²) in [6.45, 7) is 4.64. The highest BCUT2D eigenvalue weighted by atomic mass is 16.5. The Hall–Kier alpha value is -3.06. The third-order valence-corrected chi connectivity index (χ3v) is 5.19. The number of methoxy groups -OCH3 is 1. The zero-order valence-electron chi connectivity index (χ0n) is 17.5. The van der Waals surface area contributed by atoms with Crippen molar-refractivity contribution < 1.29 is 19.1 Å². The first kappa shape index (κ1) is 21.6. The average molecular weight is 412 g/mol. The molecule has 1 aliphatic heterocycles. The quantitative estimate of drug-likeness (QED) is 0.646. The lowest BCUT2D eigenvalue weighted by atomic mass is 10.1. The standard InChI is InChI=1S/C23H29N3O4/c1-3-30-22(27)18-6-10-19(11-7-18)25-23(28)24-16-21(26-14-4-5-15-26)17-8-12-20(29-2)13-9-17/h6-13,21H,3-5,14-16H2,1-2H3,(H2,24,25,28). The molecule has 1 fully saturated rings.